The van der Waals surface area contributed by atoms with Crippen LogP contribution in [0.5, 0.6) is 5.75 Å². The number of methoxy groups -OCH3 is 1. The van der Waals surface area contributed by atoms with E-state index < -0.39 is 5.25 Å². The quantitative estimate of drug-likeness (QED) is 0.798. The molecule has 0 aliphatic carbocycles. The summed E-state index contributed by atoms with van der Waals surface area (Å²) in [6.07, 6.45) is 0.166. The van der Waals surface area contributed by atoms with Gasteiger partial charge in [-0.15, -0.1) is 10.2 Å². The molecule has 2 amide bonds. The van der Waals surface area contributed by atoms with Crippen LogP contribution in [-0.4, -0.2) is 34.4 Å². The Morgan fingerprint density at radius 3 is 2.86 bits per heavy atom. The van der Waals surface area contributed by atoms with Crippen LogP contribution in [0.1, 0.15) is 11.4 Å². The Labute approximate surface area is 135 Å². The first-order valence-corrected chi connectivity index (χ1v) is 8.25. The van der Waals surface area contributed by atoms with Crippen LogP contribution in [0.25, 0.3) is 0 Å². The van der Waals surface area contributed by atoms with Crippen molar-refractivity contribution < 1.29 is 14.3 Å². The number of benzene rings is 1. The Morgan fingerprint density at radius 1 is 1.36 bits per heavy atom. The molecule has 1 aliphatic heterocycles. The zero-order chi connectivity index (χ0) is 15.7. The summed E-state index contributed by atoms with van der Waals surface area (Å²) >= 11 is 2.71. The molecule has 114 valence electrons. The normalized spacial score (nSPS) is 18.1. The summed E-state index contributed by atoms with van der Waals surface area (Å²) in [5.74, 6) is 0.169. The van der Waals surface area contributed by atoms with Crippen molar-refractivity contribution in [1.29, 1.82) is 0 Å². The van der Waals surface area contributed by atoms with Gasteiger partial charge in [-0.25, -0.2) is 4.90 Å². The molecule has 8 heteroatoms. The van der Waals surface area contributed by atoms with Gasteiger partial charge in [-0.05, 0) is 19.1 Å². The Morgan fingerprint density at radius 2 is 2.18 bits per heavy atom. The van der Waals surface area contributed by atoms with Gasteiger partial charge >= 0.3 is 0 Å². The molecule has 2 aromatic rings. The highest BCUT2D eigenvalue weighted by molar-refractivity contribution is 8.02. The molecule has 0 N–H and O–H groups in total. The first kappa shape index (κ1) is 15.0. The van der Waals surface area contributed by atoms with Gasteiger partial charge in [0.25, 0.3) is 0 Å². The molecule has 0 unspecified atom stereocenters. The molecule has 1 aromatic heterocycles. The minimum Gasteiger partial charge on any atom is -0.497 e. The number of carbonyl (C=O) groups excluding carboxylic acids is 2. The third-order valence-electron chi connectivity index (χ3n) is 3.17. The minimum absolute atomic E-state index is 0.166. The number of amides is 2. The predicted octanol–water partition coefficient (Wildman–Crippen LogP) is 2.28. The van der Waals surface area contributed by atoms with E-state index in [1.165, 1.54) is 28.0 Å². The van der Waals surface area contributed by atoms with Crippen molar-refractivity contribution in [3.8, 4) is 5.75 Å². The zero-order valence-electron chi connectivity index (χ0n) is 12.0. The van der Waals surface area contributed by atoms with E-state index in [1.807, 2.05) is 6.92 Å². The number of hydrogen-bond donors (Lipinski definition) is 0. The van der Waals surface area contributed by atoms with Crippen LogP contribution < -0.4 is 9.64 Å². The lowest BCUT2D eigenvalue weighted by Crippen LogP contribution is -2.31. The number of imide groups is 1. The molecule has 6 nitrogen and oxygen atoms in total. The number of hydrogen-bond acceptors (Lipinski definition) is 7. The highest BCUT2D eigenvalue weighted by Gasteiger charge is 2.40. The second-order valence-electron chi connectivity index (χ2n) is 4.67. The Balaban J connectivity index is 1.81. The second-order valence-corrected chi connectivity index (χ2v) is 7.30. The lowest BCUT2D eigenvalue weighted by molar-refractivity contribution is -0.121. The zero-order valence-corrected chi connectivity index (χ0v) is 13.6. The van der Waals surface area contributed by atoms with Gasteiger partial charge in [-0.1, -0.05) is 29.2 Å². The average molecular weight is 335 g/mol. The van der Waals surface area contributed by atoms with E-state index in [9.17, 15) is 9.59 Å². The van der Waals surface area contributed by atoms with Crippen LogP contribution in [0, 0.1) is 6.92 Å². The summed E-state index contributed by atoms with van der Waals surface area (Å²) in [5.41, 5.74) is 0.533. The lowest BCUT2D eigenvalue weighted by atomic mass is 10.3. The smallest absolute Gasteiger partial charge is 0.247 e. The molecular weight excluding hydrogens is 322 g/mol. The summed E-state index contributed by atoms with van der Waals surface area (Å²) in [6, 6.07) is 6.92. The van der Waals surface area contributed by atoms with Crippen molar-refractivity contribution in [1.82, 2.24) is 10.2 Å². The lowest BCUT2D eigenvalue weighted by Gasteiger charge is -2.15. The summed E-state index contributed by atoms with van der Waals surface area (Å²) in [4.78, 5) is 26.0. The topological polar surface area (TPSA) is 72.4 Å². The van der Waals surface area contributed by atoms with Crippen molar-refractivity contribution in [3.63, 3.8) is 0 Å². The molecule has 0 spiro atoms. The molecule has 1 atom stereocenters. The van der Waals surface area contributed by atoms with Crippen molar-refractivity contribution in [2.45, 2.75) is 22.9 Å². The number of thioether (sulfide) groups is 1. The molecule has 0 saturated carbocycles. The van der Waals surface area contributed by atoms with Gasteiger partial charge < -0.3 is 4.74 Å². The number of rotatable bonds is 4. The number of aromatic nitrogens is 2. The van der Waals surface area contributed by atoms with E-state index in [0.717, 1.165) is 5.01 Å². The first-order valence-electron chi connectivity index (χ1n) is 6.56. The summed E-state index contributed by atoms with van der Waals surface area (Å²) in [7, 11) is 1.54. The van der Waals surface area contributed by atoms with Crippen molar-refractivity contribution in [3.05, 3.63) is 29.3 Å². The number of ether oxygens (including phenoxy) is 1. The van der Waals surface area contributed by atoms with Gasteiger partial charge in [-0.2, -0.15) is 0 Å². The van der Waals surface area contributed by atoms with Crippen molar-refractivity contribution in [2.75, 3.05) is 12.0 Å². The number of carbonyl (C=O) groups is 2. The molecule has 0 radical (unpaired) electrons. The van der Waals surface area contributed by atoms with Crippen LogP contribution >= 0.6 is 23.1 Å². The van der Waals surface area contributed by atoms with E-state index in [2.05, 4.69) is 10.2 Å². The van der Waals surface area contributed by atoms with Gasteiger partial charge in [0.1, 0.15) is 16.0 Å². The van der Waals surface area contributed by atoms with Gasteiger partial charge in [0.15, 0.2) is 4.34 Å². The highest BCUT2D eigenvalue weighted by atomic mass is 32.2. The summed E-state index contributed by atoms with van der Waals surface area (Å²) in [5, 5.41) is 8.30. The van der Waals surface area contributed by atoms with Gasteiger partial charge in [0.05, 0.1) is 12.8 Å². The number of anilines is 1. The molecular formula is C14H13N3O3S2. The van der Waals surface area contributed by atoms with Crippen LogP contribution in [-0.2, 0) is 9.59 Å². The predicted molar refractivity (Wildman–Crippen MR) is 84.4 cm³/mol. The third kappa shape index (κ3) is 2.84. The molecule has 3 rings (SSSR count). The van der Waals surface area contributed by atoms with Crippen LogP contribution in [0.4, 0.5) is 5.69 Å². The maximum absolute atomic E-state index is 12.5. The Hall–Kier alpha value is -1.93. The average Bonchev–Trinajstić information content (AvgIpc) is 3.03. The van der Waals surface area contributed by atoms with E-state index in [1.54, 1.807) is 31.4 Å². The Bertz CT molecular complexity index is 732. The first-order chi connectivity index (χ1) is 10.6. The van der Waals surface area contributed by atoms with Gasteiger partial charge in [0, 0.05) is 12.5 Å². The van der Waals surface area contributed by atoms with E-state index in [4.69, 9.17) is 4.74 Å². The van der Waals surface area contributed by atoms with Crippen LogP contribution in [0.2, 0.25) is 0 Å². The fourth-order valence-electron chi connectivity index (χ4n) is 2.16. The van der Waals surface area contributed by atoms with Gasteiger partial charge in [0.2, 0.25) is 11.8 Å². The van der Waals surface area contributed by atoms with E-state index in [-0.39, 0.29) is 18.2 Å². The minimum atomic E-state index is -0.453. The molecule has 1 saturated heterocycles. The standard InChI is InChI=1S/C14H13N3O3S2/c1-8-15-16-14(21-8)22-11-7-12(18)17(13(11)19)9-4-3-5-10(6-9)20-2/h3-6,11H,7H2,1-2H3/t11-/m0/s1. The third-order valence-corrected chi connectivity index (χ3v) is 5.28. The number of aryl methyl sites for hydroxylation is 1. The molecule has 1 aromatic carbocycles. The highest BCUT2D eigenvalue weighted by Crippen LogP contribution is 2.35. The molecule has 0 bridgehead atoms. The fourth-order valence-corrected chi connectivity index (χ4v) is 4.25. The molecule has 1 aliphatic rings. The fraction of sp³-hybridized carbons (Fsp3) is 0.286. The van der Waals surface area contributed by atoms with Crippen molar-refractivity contribution >= 4 is 40.6 Å². The molecule has 2 heterocycles. The monoisotopic (exact) mass is 335 g/mol. The van der Waals surface area contributed by atoms with Crippen LogP contribution in [0.3, 0.4) is 0 Å². The Kier molecular flexibility index (Phi) is 4.12. The number of nitrogens with zero attached hydrogens (tertiary/aromatic N) is 3. The van der Waals surface area contributed by atoms with Crippen LogP contribution in [0.15, 0.2) is 28.6 Å². The largest absolute Gasteiger partial charge is 0.497 e. The van der Waals surface area contributed by atoms with Gasteiger partial charge in [-0.3, -0.25) is 9.59 Å². The van der Waals surface area contributed by atoms with E-state index in [0.29, 0.717) is 15.8 Å². The molecule has 22 heavy (non-hydrogen) atoms. The van der Waals surface area contributed by atoms with Crippen molar-refractivity contribution in [2.24, 2.45) is 0 Å². The maximum Gasteiger partial charge on any atom is 0.247 e. The summed E-state index contributed by atoms with van der Waals surface area (Å²) < 4.78 is 5.84. The maximum atomic E-state index is 12.5. The van der Waals surface area contributed by atoms with E-state index >= 15 is 0 Å². The summed E-state index contributed by atoms with van der Waals surface area (Å²) in [6.45, 7) is 1.85. The second kappa shape index (κ2) is 6.05. The SMILES string of the molecule is COc1cccc(N2C(=O)C[C@H](Sc3nnc(C)s3)C2=O)c1. The molecule has 1 fully saturated rings.